The fraction of sp³-hybridized carbons (Fsp3) is 0.318. The monoisotopic (exact) mass is 408 g/mol. The number of carbonyl (C=O) groups is 1. The molecule has 0 aromatic heterocycles. The molecule has 0 N–H and O–H groups in total. The van der Waals surface area contributed by atoms with Crippen LogP contribution in [0.5, 0.6) is 0 Å². The summed E-state index contributed by atoms with van der Waals surface area (Å²) in [7, 11) is 0. The topological polar surface area (TPSA) is 26.3 Å². The summed E-state index contributed by atoms with van der Waals surface area (Å²) in [5.41, 5.74) is -4.88. The van der Waals surface area contributed by atoms with Gasteiger partial charge in [0.2, 0.25) is 0 Å². The molecule has 0 aliphatic rings. The van der Waals surface area contributed by atoms with Crippen LogP contribution in [0.25, 0.3) is 0 Å². The van der Waals surface area contributed by atoms with Crippen LogP contribution in [0.2, 0.25) is 0 Å². The SMILES string of the molecule is C=CC(c1ccccc1)C(SC(F)(F)F)(C(=O)OC(C)(C)C)c1ccccc1. The number of ether oxygens (including phenoxy) is 1. The lowest BCUT2D eigenvalue weighted by molar-refractivity contribution is -0.159. The number of alkyl halides is 3. The van der Waals surface area contributed by atoms with Gasteiger partial charge in [0.25, 0.3) is 0 Å². The van der Waals surface area contributed by atoms with E-state index >= 15 is 0 Å². The summed E-state index contributed by atoms with van der Waals surface area (Å²) in [5.74, 6) is -1.92. The van der Waals surface area contributed by atoms with E-state index in [2.05, 4.69) is 6.58 Å². The van der Waals surface area contributed by atoms with Crippen molar-refractivity contribution < 1.29 is 22.7 Å². The first kappa shape index (κ1) is 22.1. The van der Waals surface area contributed by atoms with E-state index in [0.29, 0.717) is 5.56 Å². The van der Waals surface area contributed by atoms with Gasteiger partial charge in [0.05, 0.1) is 0 Å². The Morgan fingerprint density at radius 1 is 1.00 bits per heavy atom. The van der Waals surface area contributed by atoms with E-state index in [1.165, 1.54) is 18.2 Å². The van der Waals surface area contributed by atoms with Crippen molar-refractivity contribution in [3.63, 3.8) is 0 Å². The van der Waals surface area contributed by atoms with Crippen molar-refractivity contribution in [1.29, 1.82) is 0 Å². The van der Waals surface area contributed by atoms with E-state index < -0.39 is 27.7 Å². The molecule has 0 bridgehead atoms. The highest BCUT2D eigenvalue weighted by Gasteiger charge is 2.56. The fourth-order valence-corrected chi connectivity index (χ4v) is 4.11. The standard InChI is InChI=1S/C22H23F3O2S/c1-5-18(16-12-8-6-9-13-16)21(28-22(23,24)25,17-14-10-7-11-15-17)19(26)27-20(2,3)4/h5-15,18H,1H2,2-4H3. The van der Waals surface area contributed by atoms with Crippen molar-refractivity contribution in [3.8, 4) is 0 Å². The van der Waals surface area contributed by atoms with Gasteiger partial charge in [0.1, 0.15) is 5.60 Å². The quantitative estimate of drug-likeness (QED) is 0.406. The van der Waals surface area contributed by atoms with Crippen LogP contribution in [0.3, 0.4) is 0 Å². The molecule has 0 amide bonds. The minimum absolute atomic E-state index is 0.209. The summed E-state index contributed by atoms with van der Waals surface area (Å²) in [6.07, 6.45) is 1.38. The number of rotatable bonds is 6. The number of hydrogen-bond acceptors (Lipinski definition) is 3. The van der Waals surface area contributed by atoms with Gasteiger partial charge in [0, 0.05) is 5.92 Å². The zero-order valence-corrected chi connectivity index (χ0v) is 16.8. The summed E-state index contributed by atoms with van der Waals surface area (Å²) < 4.78 is 44.7. The Kier molecular flexibility index (Phi) is 6.65. The molecule has 2 rings (SSSR count). The smallest absolute Gasteiger partial charge is 0.443 e. The molecule has 2 unspecified atom stereocenters. The van der Waals surface area contributed by atoms with Gasteiger partial charge in [-0.1, -0.05) is 66.7 Å². The second-order valence-corrected chi connectivity index (χ2v) is 8.59. The molecule has 0 aliphatic heterocycles. The van der Waals surface area contributed by atoms with Crippen LogP contribution in [-0.2, 0) is 14.3 Å². The lowest BCUT2D eigenvalue weighted by Gasteiger charge is -2.39. The van der Waals surface area contributed by atoms with Crippen LogP contribution < -0.4 is 0 Å². The van der Waals surface area contributed by atoms with E-state index in [4.69, 9.17) is 4.74 Å². The van der Waals surface area contributed by atoms with E-state index in [9.17, 15) is 18.0 Å². The number of thioether (sulfide) groups is 1. The van der Waals surface area contributed by atoms with Crippen LogP contribution in [-0.4, -0.2) is 17.1 Å². The molecule has 2 nitrogen and oxygen atoms in total. The van der Waals surface area contributed by atoms with Crippen molar-refractivity contribution >= 4 is 17.7 Å². The zero-order chi connectivity index (χ0) is 21.0. The molecule has 2 aromatic carbocycles. The lowest BCUT2D eigenvalue weighted by atomic mass is 9.80. The fourth-order valence-electron chi connectivity index (χ4n) is 3.01. The first-order valence-electron chi connectivity index (χ1n) is 8.73. The summed E-state index contributed by atoms with van der Waals surface area (Å²) in [6.45, 7) is 8.64. The van der Waals surface area contributed by atoms with Crippen molar-refractivity contribution in [2.75, 3.05) is 0 Å². The van der Waals surface area contributed by atoms with E-state index in [1.807, 2.05) is 0 Å². The highest BCUT2D eigenvalue weighted by atomic mass is 32.2. The highest BCUT2D eigenvalue weighted by Crippen LogP contribution is 2.55. The molecule has 0 spiro atoms. The average Bonchev–Trinajstić information content (AvgIpc) is 2.60. The highest BCUT2D eigenvalue weighted by molar-refractivity contribution is 8.01. The molecule has 0 fully saturated rings. The number of esters is 1. The Balaban J connectivity index is 2.79. The van der Waals surface area contributed by atoms with Crippen LogP contribution in [0.1, 0.15) is 37.8 Å². The molecule has 2 aromatic rings. The number of allylic oxidation sites excluding steroid dienone is 1. The molecule has 28 heavy (non-hydrogen) atoms. The Labute approximate surface area is 167 Å². The minimum atomic E-state index is -4.68. The largest absolute Gasteiger partial charge is 0.459 e. The Hall–Kier alpha value is -2.21. The molecule has 0 saturated heterocycles. The van der Waals surface area contributed by atoms with Crippen LogP contribution in [0.15, 0.2) is 73.3 Å². The van der Waals surface area contributed by atoms with Crippen molar-refractivity contribution in [3.05, 3.63) is 84.4 Å². The van der Waals surface area contributed by atoms with E-state index in [-0.39, 0.29) is 17.3 Å². The number of halogens is 3. The zero-order valence-electron chi connectivity index (χ0n) is 16.0. The normalized spacial score (nSPS) is 15.4. The maximum Gasteiger partial charge on any atom is 0.443 e. The third kappa shape index (κ3) is 5.19. The third-order valence-corrected chi connectivity index (χ3v) is 5.22. The minimum Gasteiger partial charge on any atom is -0.459 e. The maximum absolute atomic E-state index is 13.8. The van der Waals surface area contributed by atoms with Crippen molar-refractivity contribution in [1.82, 2.24) is 0 Å². The van der Waals surface area contributed by atoms with Gasteiger partial charge < -0.3 is 4.74 Å². The van der Waals surface area contributed by atoms with Gasteiger partial charge in [-0.3, -0.25) is 4.79 Å². The van der Waals surface area contributed by atoms with Crippen molar-refractivity contribution in [2.24, 2.45) is 0 Å². The molecular weight excluding hydrogens is 385 g/mol. The van der Waals surface area contributed by atoms with Gasteiger partial charge in [0.15, 0.2) is 4.75 Å². The molecule has 150 valence electrons. The molecule has 2 atom stereocenters. The molecular formula is C22H23F3O2S. The van der Waals surface area contributed by atoms with Crippen LogP contribution in [0.4, 0.5) is 13.2 Å². The first-order valence-corrected chi connectivity index (χ1v) is 9.54. The van der Waals surface area contributed by atoms with E-state index in [0.717, 1.165) is 0 Å². The van der Waals surface area contributed by atoms with Gasteiger partial charge in [-0.05, 0) is 43.7 Å². The van der Waals surface area contributed by atoms with Gasteiger partial charge in [-0.25, -0.2) is 0 Å². The number of hydrogen-bond donors (Lipinski definition) is 0. The van der Waals surface area contributed by atoms with Gasteiger partial charge in [-0.2, -0.15) is 13.2 Å². The van der Waals surface area contributed by atoms with E-state index in [1.54, 1.807) is 69.3 Å². The third-order valence-electron chi connectivity index (χ3n) is 4.01. The molecule has 0 heterocycles. The van der Waals surface area contributed by atoms with Crippen molar-refractivity contribution in [2.45, 2.75) is 42.5 Å². The molecule has 6 heteroatoms. The van der Waals surface area contributed by atoms with Gasteiger partial charge >= 0.3 is 11.5 Å². The lowest BCUT2D eigenvalue weighted by Crippen LogP contribution is -2.44. The van der Waals surface area contributed by atoms with Gasteiger partial charge in [-0.15, -0.1) is 6.58 Å². The average molecular weight is 408 g/mol. The summed E-state index contributed by atoms with van der Waals surface area (Å²) >= 11 is -0.367. The predicted molar refractivity (Wildman–Crippen MR) is 107 cm³/mol. The molecule has 0 radical (unpaired) electrons. The Bertz CT molecular complexity index is 798. The summed E-state index contributed by atoms with van der Waals surface area (Å²) in [4.78, 5) is 13.3. The Morgan fingerprint density at radius 3 is 1.93 bits per heavy atom. The number of carbonyl (C=O) groups excluding carboxylic acids is 1. The number of benzene rings is 2. The van der Waals surface area contributed by atoms with Crippen LogP contribution in [0, 0.1) is 0 Å². The molecule has 0 aliphatic carbocycles. The summed E-state index contributed by atoms with van der Waals surface area (Å²) in [5, 5.41) is 0. The maximum atomic E-state index is 13.8. The van der Waals surface area contributed by atoms with Crippen LogP contribution >= 0.6 is 11.8 Å². The predicted octanol–water partition coefficient (Wildman–Crippen LogP) is 6.45. The second kappa shape index (κ2) is 8.43. The molecule has 0 saturated carbocycles. The first-order chi connectivity index (χ1) is 13.0. The Morgan fingerprint density at radius 2 is 1.50 bits per heavy atom. The second-order valence-electron chi connectivity index (χ2n) is 7.28. The summed E-state index contributed by atoms with van der Waals surface area (Å²) in [6, 6.07) is 16.5.